The summed E-state index contributed by atoms with van der Waals surface area (Å²) >= 11 is 0.917. The van der Waals surface area contributed by atoms with Crippen LogP contribution in [0, 0.1) is 11.8 Å². The molecule has 1 aromatic heterocycles. The lowest BCUT2D eigenvalue weighted by atomic mass is 10.0. The Kier molecular flexibility index (Phi) is 8.90. The molecule has 13 heteroatoms. The van der Waals surface area contributed by atoms with E-state index in [4.69, 9.17) is 4.74 Å². The highest BCUT2D eigenvalue weighted by atomic mass is 32.2. The zero-order valence-corrected chi connectivity index (χ0v) is 23.8. The molecule has 1 fully saturated rings. The van der Waals surface area contributed by atoms with Gasteiger partial charge in [0, 0.05) is 30.8 Å². The maximum atomic E-state index is 14.6. The van der Waals surface area contributed by atoms with E-state index in [-0.39, 0.29) is 33.0 Å². The molecule has 0 bridgehead atoms. The SMILES string of the molecule is COc1cc(S(C)(=O)=O)ccc1NCC#Cc1sc2c(N[C@@H]3CCN(C)C[C@@H]3F)cccc2c1SC(F)(F)F. The van der Waals surface area contributed by atoms with Crippen molar-refractivity contribution in [1.82, 2.24) is 4.90 Å². The first-order valence-corrected chi connectivity index (χ1v) is 15.4. The lowest BCUT2D eigenvalue weighted by molar-refractivity contribution is -0.0327. The van der Waals surface area contributed by atoms with Crippen LogP contribution in [0.2, 0.25) is 0 Å². The van der Waals surface area contributed by atoms with Gasteiger partial charge in [-0.25, -0.2) is 12.8 Å². The van der Waals surface area contributed by atoms with Gasteiger partial charge in [0.15, 0.2) is 9.84 Å². The van der Waals surface area contributed by atoms with E-state index in [1.54, 1.807) is 24.3 Å². The molecule has 2 N–H and O–H groups in total. The molecule has 0 amide bonds. The molecule has 0 aliphatic carbocycles. The number of hydrogen-bond acceptors (Lipinski definition) is 8. The van der Waals surface area contributed by atoms with Crippen LogP contribution in [0.15, 0.2) is 46.2 Å². The number of nitrogens with zero attached hydrogens (tertiary/aromatic N) is 1. The summed E-state index contributed by atoms with van der Waals surface area (Å²) in [5, 5.41) is 6.64. The highest BCUT2D eigenvalue weighted by Crippen LogP contribution is 2.47. The van der Waals surface area contributed by atoms with Crippen molar-refractivity contribution < 1.29 is 30.7 Å². The maximum absolute atomic E-state index is 14.6. The molecule has 2 atom stereocenters. The number of benzene rings is 2. The highest BCUT2D eigenvalue weighted by Gasteiger charge is 2.33. The van der Waals surface area contributed by atoms with Crippen LogP contribution >= 0.6 is 23.1 Å². The van der Waals surface area contributed by atoms with E-state index in [1.165, 1.54) is 19.2 Å². The molecule has 2 heterocycles. The third kappa shape index (κ3) is 7.30. The third-order valence-electron chi connectivity index (χ3n) is 6.14. The van der Waals surface area contributed by atoms with Crippen molar-refractivity contribution in [2.24, 2.45) is 0 Å². The van der Waals surface area contributed by atoms with Gasteiger partial charge < -0.3 is 20.3 Å². The number of thioether (sulfide) groups is 1. The predicted octanol–water partition coefficient (Wildman–Crippen LogP) is 5.84. The second-order valence-corrected chi connectivity index (χ2v) is 13.2. The summed E-state index contributed by atoms with van der Waals surface area (Å²) in [4.78, 5) is 2.26. The van der Waals surface area contributed by atoms with E-state index in [2.05, 4.69) is 22.5 Å². The van der Waals surface area contributed by atoms with Gasteiger partial charge >= 0.3 is 5.51 Å². The number of alkyl halides is 4. The quantitative estimate of drug-likeness (QED) is 0.200. The van der Waals surface area contributed by atoms with E-state index >= 15 is 0 Å². The van der Waals surface area contributed by atoms with Crippen LogP contribution in [0.5, 0.6) is 5.75 Å². The summed E-state index contributed by atoms with van der Waals surface area (Å²) in [7, 11) is -0.169. The highest BCUT2D eigenvalue weighted by molar-refractivity contribution is 8.00. The molecule has 0 spiro atoms. The number of fused-ring (bicyclic) bond motifs is 1. The van der Waals surface area contributed by atoms with Gasteiger partial charge in [0.05, 0.1) is 50.4 Å². The lowest BCUT2D eigenvalue weighted by Crippen LogP contribution is -2.46. The standard InChI is InChI=1S/C26H27F4N3O3S3/c1-33-13-11-19(18(27)15-33)32-21-7-4-6-17-24(21)37-23(25(17)38-26(28,29)30)8-5-12-31-20-10-9-16(39(3,34)35)14-22(20)36-2/h4,6-7,9-10,14,18-19,31-32H,11-13,15H2,1-3H3/t18-,19+/m0/s1. The van der Waals surface area contributed by atoms with E-state index in [0.29, 0.717) is 40.2 Å². The smallest absolute Gasteiger partial charge is 0.446 e. The molecule has 6 nitrogen and oxygen atoms in total. The Bertz CT molecular complexity index is 1510. The number of thiophene rings is 1. The number of likely N-dealkylation sites (tertiary alicyclic amines) is 1. The fraction of sp³-hybridized carbons (Fsp3) is 0.385. The first-order chi connectivity index (χ1) is 18.4. The molecule has 0 unspecified atom stereocenters. The Morgan fingerprint density at radius 1 is 1.23 bits per heavy atom. The summed E-state index contributed by atoms with van der Waals surface area (Å²) in [5.41, 5.74) is -3.44. The summed E-state index contributed by atoms with van der Waals surface area (Å²) in [6.07, 6.45) is 0.570. The maximum Gasteiger partial charge on any atom is 0.446 e. The van der Waals surface area contributed by atoms with E-state index < -0.39 is 27.6 Å². The number of rotatable bonds is 7. The number of ether oxygens (including phenoxy) is 1. The van der Waals surface area contributed by atoms with Crippen molar-refractivity contribution in [3.8, 4) is 17.6 Å². The Labute approximate surface area is 233 Å². The molecule has 4 rings (SSSR count). The van der Waals surface area contributed by atoms with Crippen molar-refractivity contribution in [3.05, 3.63) is 41.3 Å². The molecule has 39 heavy (non-hydrogen) atoms. The number of piperidine rings is 1. The van der Waals surface area contributed by atoms with Gasteiger partial charge in [-0.05, 0) is 43.4 Å². The van der Waals surface area contributed by atoms with Crippen LogP contribution in [-0.2, 0) is 9.84 Å². The van der Waals surface area contributed by atoms with Gasteiger partial charge in [0.2, 0.25) is 0 Å². The number of nitrogens with one attached hydrogen (secondary N) is 2. The molecule has 2 aromatic carbocycles. The molecule has 1 saturated heterocycles. The van der Waals surface area contributed by atoms with Crippen LogP contribution in [-0.4, -0.2) is 71.1 Å². The zero-order chi connectivity index (χ0) is 28.4. The van der Waals surface area contributed by atoms with Crippen LogP contribution < -0.4 is 15.4 Å². The number of hydrogen-bond donors (Lipinski definition) is 2. The molecule has 3 aromatic rings. The van der Waals surface area contributed by atoms with Crippen LogP contribution in [0.3, 0.4) is 0 Å². The van der Waals surface area contributed by atoms with Crippen molar-refractivity contribution in [2.75, 3.05) is 50.7 Å². The Morgan fingerprint density at radius 2 is 2.00 bits per heavy atom. The fourth-order valence-corrected chi connectivity index (χ4v) is 6.89. The predicted molar refractivity (Wildman–Crippen MR) is 150 cm³/mol. The number of anilines is 2. The monoisotopic (exact) mass is 601 g/mol. The van der Waals surface area contributed by atoms with Crippen LogP contribution in [0.1, 0.15) is 11.3 Å². The van der Waals surface area contributed by atoms with Gasteiger partial charge in [-0.2, -0.15) is 13.2 Å². The van der Waals surface area contributed by atoms with Gasteiger partial charge in [-0.15, -0.1) is 11.3 Å². The average molecular weight is 602 g/mol. The minimum Gasteiger partial charge on any atom is -0.495 e. The van der Waals surface area contributed by atoms with Crippen molar-refractivity contribution in [1.29, 1.82) is 0 Å². The molecule has 0 radical (unpaired) electrons. The van der Waals surface area contributed by atoms with Crippen molar-refractivity contribution in [3.63, 3.8) is 0 Å². The molecule has 1 aliphatic heterocycles. The van der Waals surface area contributed by atoms with E-state index in [9.17, 15) is 26.0 Å². The minimum absolute atomic E-state index is 0.00825. The lowest BCUT2D eigenvalue weighted by Gasteiger charge is -2.33. The van der Waals surface area contributed by atoms with Gasteiger partial charge in [-0.3, -0.25) is 0 Å². The zero-order valence-electron chi connectivity index (χ0n) is 21.4. The molecule has 0 saturated carbocycles. The Morgan fingerprint density at radius 3 is 2.67 bits per heavy atom. The van der Waals surface area contributed by atoms with Crippen LogP contribution in [0.25, 0.3) is 10.1 Å². The second kappa shape index (κ2) is 11.8. The summed E-state index contributed by atoms with van der Waals surface area (Å²) in [6.45, 7) is 1.08. The molecule has 1 aliphatic rings. The minimum atomic E-state index is -4.52. The van der Waals surface area contributed by atoms with Crippen LogP contribution in [0.4, 0.5) is 28.9 Å². The first kappa shape index (κ1) is 29.3. The van der Waals surface area contributed by atoms with E-state index in [1.807, 2.05) is 11.9 Å². The average Bonchev–Trinajstić information content (AvgIpc) is 3.19. The second-order valence-electron chi connectivity index (χ2n) is 9.10. The fourth-order valence-electron chi connectivity index (χ4n) is 4.24. The first-order valence-electron chi connectivity index (χ1n) is 11.9. The number of halogens is 4. The summed E-state index contributed by atoms with van der Waals surface area (Å²) in [5.74, 6) is 6.01. The number of methoxy groups -OCH3 is 1. The van der Waals surface area contributed by atoms with E-state index in [0.717, 1.165) is 24.1 Å². The summed E-state index contributed by atoms with van der Waals surface area (Å²) < 4.78 is 84.5. The van der Waals surface area contributed by atoms with Crippen molar-refractivity contribution in [2.45, 2.75) is 33.9 Å². The van der Waals surface area contributed by atoms with Gasteiger partial charge in [0.1, 0.15) is 11.9 Å². The van der Waals surface area contributed by atoms with Gasteiger partial charge in [-0.1, -0.05) is 24.0 Å². The topological polar surface area (TPSA) is 70.7 Å². The molecular formula is C26H27F4N3O3S3. The molecular weight excluding hydrogens is 574 g/mol. The van der Waals surface area contributed by atoms with Crippen molar-refractivity contribution >= 4 is 54.4 Å². The Balaban J connectivity index is 1.61. The number of sulfone groups is 1. The third-order valence-corrected chi connectivity index (χ3v) is 9.40. The normalized spacial score (nSPS) is 18.4. The Hall–Kier alpha value is -2.66. The molecule has 210 valence electrons. The summed E-state index contributed by atoms with van der Waals surface area (Å²) in [6, 6.07) is 8.94. The van der Waals surface area contributed by atoms with Gasteiger partial charge in [0.25, 0.3) is 0 Å². The largest absolute Gasteiger partial charge is 0.495 e.